The van der Waals surface area contributed by atoms with Gasteiger partial charge >= 0.3 is 0 Å². The lowest BCUT2D eigenvalue weighted by molar-refractivity contribution is 0.247. The number of aliphatic hydroxyl groups is 1. The van der Waals surface area contributed by atoms with E-state index in [0.29, 0.717) is 11.8 Å². The van der Waals surface area contributed by atoms with Crippen molar-refractivity contribution in [3.63, 3.8) is 0 Å². The second-order valence-corrected chi connectivity index (χ2v) is 2.95. The zero-order valence-corrected chi connectivity index (χ0v) is 7.64. The summed E-state index contributed by atoms with van der Waals surface area (Å²) in [5, 5.41) is 12.3. The van der Waals surface area contributed by atoms with E-state index >= 15 is 0 Å². The number of nitrogens with one attached hydrogen (secondary N) is 1. The second-order valence-electron chi connectivity index (χ2n) is 2.58. The number of hydrogen-bond acceptors (Lipinski definition) is 3. The van der Waals surface area contributed by atoms with Gasteiger partial charge in [0.2, 0.25) is 0 Å². The first-order valence-electron chi connectivity index (χ1n) is 3.78. The summed E-state index contributed by atoms with van der Waals surface area (Å²) in [7, 11) is 1.83. The summed E-state index contributed by atoms with van der Waals surface area (Å²) in [6.45, 7) is 0.741. The Morgan fingerprint density at radius 2 is 2.42 bits per heavy atom. The highest BCUT2D eigenvalue weighted by molar-refractivity contribution is 6.28. The monoisotopic (exact) mass is 189 g/mol. The van der Waals surface area contributed by atoms with Gasteiger partial charge in [0.1, 0.15) is 5.76 Å². The molecule has 1 atom stereocenters. The fourth-order valence-corrected chi connectivity index (χ4v) is 1.20. The molecule has 0 aromatic carbocycles. The van der Waals surface area contributed by atoms with Gasteiger partial charge in [-0.1, -0.05) is 0 Å². The maximum Gasteiger partial charge on any atom is 0.193 e. The van der Waals surface area contributed by atoms with Crippen molar-refractivity contribution in [2.45, 2.75) is 5.92 Å². The summed E-state index contributed by atoms with van der Waals surface area (Å²) < 4.78 is 5.15. The maximum absolute atomic E-state index is 8.98. The van der Waals surface area contributed by atoms with Crippen LogP contribution in [0, 0.1) is 0 Å². The lowest BCUT2D eigenvalue weighted by Gasteiger charge is -2.09. The average Bonchev–Trinajstić information content (AvgIpc) is 2.47. The molecule has 1 heterocycles. The molecule has 4 heteroatoms. The number of furan rings is 1. The van der Waals surface area contributed by atoms with E-state index in [2.05, 4.69) is 5.32 Å². The van der Waals surface area contributed by atoms with Crippen LogP contribution in [0.2, 0.25) is 5.22 Å². The molecule has 3 nitrogen and oxygen atoms in total. The molecule has 1 aromatic rings. The minimum Gasteiger partial charge on any atom is -0.449 e. The Bertz CT molecular complexity index is 237. The van der Waals surface area contributed by atoms with Crippen molar-refractivity contribution in [1.82, 2.24) is 5.32 Å². The van der Waals surface area contributed by atoms with E-state index in [0.717, 1.165) is 5.76 Å². The van der Waals surface area contributed by atoms with Crippen LogP contribution in [0.15, 0.2) is 16.5 Å². The van der Waals surface area contributed by atoms with Gasteiger partial charge in [-0.2, -0.15) is 0 Å². The summed E-state index contributed by atoms with van der Waals surface area (Å²) >= 11 is 5.59. The third kappa shape index (κ3) is 2.24. The fourth-order valence-electron chi connectivity index (χ4n) is 1.05. The molecule has 0 radical (unpaired) electrons. The van der Waals surface area contributed by atoms with Crippen LogP contribution >= 0.6 is 11.6 Å². The van der Waals surface area contributed by atoms with Crippen molar-refractivity contribution in [2.24, 2.45) is 0 Å². The minimum absolute atomic E-state index is 0.0116. The minimum atomic E-state index is -0.0116. The van der Waals surface area contributed by atoms with Crippen molar-refractivity contribution >= 4 is 11.6 Å². The van der Waals surface area contributed by atoms with Gasteiger partial charge in [0, 0.05) is 6.54 Å². The Morgan fingerprint density at radius 3 is 2.83 bits per heavy atom. The van der Waals surface area contributed by atoms with E-state index in [-0.39, 0.29) is 12.5 Å². The highest BCUT2D eigenvalue weighted by Crippen LogP contribution is 2.20. The van der Waals surface area contributed by atoms with E-state index in [1.807, 2.05) is 7.05 Å². The van der Waals surface area contributed by atoms with Gasteiger partial charge in [0.05, 0.1) is 12.5 Å². The maximum atomic E-state index is 8.98. The smallest absolute Gasteiger partial charge is 0.193 e. The fraction of sp³-hybridized carbons (Fsp3) is 0.500. The Balaban J connectivity index is 2.66. The van der Waals surface area contributed by atoms with Gasteiger partial charge in [-0.15, -0.1) is 0 Å². The van der Waals surface area contributed by atoms with Crippen molar-refractivity contribution in [1.29, 1.82) is 0 Å². The van der Waals surface area contributed by atoms with E-state index in [9.17, 15) is 0 Å². The van der Waals surface area contributed by atoms with E-state index in [4.69, 9.17) is 21.1 Å². The molecular formula is C8H12ClNO2. The summed E-state index contributed by atoms with van der Waals surface area (Å²) in [4.78, 5) is 0. The second kappa shape index (κ2) is 4.50. The summed E-state index contributed by atoms with van der Waals surface area (Å²) in [5.41, 5.74) is 0. The predicted octanol–water partition coefficient (Wildman–Crippen LogP) is 1.23. The molecule has 0 saturated heterocycles. The highest BCUT2D eigenvalue weighted by atomic mass is 35.5. The molecule has 0 aliphatic rings. The van der Waals surface area contributed by atoms with Gasteiger partial charge in [0.25, 0.3) is 0 Å². The molecule has 0 amide bonds. The largest absolute Gasteiger partial charge is 0.449 e. The highest BCUT2D eigenvalue weighted by Gasteiger charge is 2.12. The van der Waals surface area contributed by atoms with Gasteiger partial charge < -0.3 is 14.8 Å². The van der Waals surface area contributed by atoms with Gasteiger partial charge in [-0.3, -0.25) is 0 Å². The molecule has 1 aromatic heterocycles. The normalized spacial score (nSPS) is 13.2. The number of rotatable bonds is 4. The molecule has 0 saturated carbocycles. The molecule has 0 bridgehead atoms. The standard InChI is InChI=1S/C8H12ClNO2/c1-10-4-6(5-11)7-2-3-8(9)12-7/h2-3,6,10-11H,4-5H2,1H3. The topological polar surface area (TPSA) is 45.4 Å². The van der Waals surface area contributed by atoms with E-state index < -0.39 is 0 Å². The molecule has 0 aliphatic carbocycles. The summed E-state index contributed by atoms with van der Waals surface area (Å²) in [6.07, 6.45) is 0. The van der Waals surface area contributed by atoms with Crippen molar-refractivity contribution in [3.05, 3.63) is 23.1 Å². The Hall–Kier alpha value is -0.510. The van der Waals surface area contributed by atoms with Gasteiger partial charge in [-0.25, -0.2) is 0 Å². The Labute approximate surface area is 76.3 Å². The van der Waals surface area contributed by atoms with E-state index in [1.165, 1.54) is 0 Å². The lowest BCUT2D eigenvalue weighted by Crippen LogP contribution is -2.19. The first-order valence-corrected chi connectivity index (χ1v) is 4.16. The van der Waals surface area contributed by atoms with Crippen molar-refractivity contribution in [3.8, 4) is 0 Å². The van der Waals surface area contributed by atoms with Crippen LogP contribution in [0.1, 0.15) is 11.7 Å². The Morgan fingerprint density at radius 1 is 1.67 bits per heavy atom. The number of hydrogen-bond donors (Lipinski definition) is 2. The van der Waals surface area contributed by atoms with Crippen molar-refractivity contribution in [2.75, 3.05) is 20.2 Å². The number of likely N-dealkylation sites (N-methyl/N-ethyl adjacent to an activating group) is 1. The quantitative estimate of drug-likeness (QED) is 0.749. The SMILES string of the molecule is CNCC(CO)c1ccc(Cl)o1. The Kier molecular flexibility index (Phi) is 3.59. The molecule has 0 aliphatic heterocycles. The van der Waals surface area contributed by atoms with E-state index in [1.54, 1.807) is 12.1 Å². The molecule has 12 heavy (non-hydrogen) atoms. The number of aliphatic hydroxyl groups excluding tert-OH is 1. The molecular weight excluding hydrogens is 178 g/mol. The van der Waals surface area contributed by atoms with Crippen LogP contribution in [0.3, 0.4) is 0 Å². The molecule has 0 spiro atoms. The van der Waals surface area contributed by atoms with Gasteiger partial charge in [-0.05, 0) is 30.8 Å². The first kappa shape index (κ1) is 9.58. The molecule has 1 rings (SSSR count). The summed E-state index contributed by atoms with van der Waals surface area (Å²) in [6, 6.07) is 3.45. The molecule has 1 unspecified atom stereocenters. The number of halogens is 1. The lowest BCUT2D eigenvalue weighted by atomic mass is 10.1. The zero-order valence-electron chi connectivity index (χ0n) is 6.88. The summed E-state index contributed by atoms with van der Waals surface area (Å²) in [5.74, 6) is 0.708. The third-order valence-electron chi connectivity index (χ3n) is 1.67. The van der Waals surface area contributed by atoms with Crippen LogP contribution in [0.25, 0.3) is 0 Å². The van der Waals surface area contributed by atoms with Crippen LogP contribution in [-0.2, 0) is 0 Å². The average molecular weight is 190 g/mol. The third-order valence-corrected chi connectivity index (χ3v) is 1.87. The first-order chi connectivity index (χ1) is 5.77. The molecule has 0 fully saturated rings. The zero-order chi connectivity index (χ0) is 8.97. The van der Waals surface area contributed by atoms with Crippen LogP contribution in [0.5, 0.6) is 0 Å². The van der Waals surface area contributed by atoms with Crippen molar-refractivity contribution < 1.29 is 9.52 Å². The predicted molar refractivity (Wildman–Crippen MR) is 47.5 cm³/mol. The molecule has 2 N–H and O–H groups in total. The van der Waals surface area contributed by atoms with Crippen LogP contribution in [-0.4, -0.2) is 25.3 Å². The molecule has 68 valence electrons. The van der Waals surface area contributed by atoms with Crippen LogP contribution in [0.4, 0.5) is 0 Å². The van der Waals surface area contributed by atoms with Gasteiger partial charge in [0.15, 0.2) is 5.22 Å². The van der Waals surface area contributed by atoms with Crippen LogP contribution < -0.4 is 5.32 Å².